The number of aryl methyl sites for hydroxylation is 1. The first-order valence-electron chi connectivity index (χ1n) is 8.62. The first-order chi connectivity index (χ1) is 12.0. The van der Waals surface area contributed by atoms with Crippen LogP contribution in [0.15, 0.2) is 48.7 Å². The molecule has 0 radical (unpaired) electrons. The lowest BCUT2D eigenvalue weighted by Crippen LogP contribution is -2.39. The van der Waals surface area contributed by atoms with Crippen LogP contribution in [0.2, 0.25) is 0 Å². The molecule has 2 rings (SSSR count). The molecule has 0 bridgehead atoms. The Balaban J connectivity index is 1.89. The number of benzene rings is 1. The third-order valence-corrected chi connectivity index (χ3v) is 3.91. The topological polar surface area (TPSA) is 48.5 Å². The quantitative estimate of drug-likeness (QED) is 0.759. The highest BCUT2D eigenvalue weighted by atomic mass is 16.2. The summed E-state index contributed by atoms with van der Waals surface area (Å²) in [5, 5.41) is 3.02. The Morgan fingerprint density at radius 2 is 1.96 bits per heavy atom. The zero-order valence-electron chi connectivity index (χ0n) is 15.4. The van der Waals surface area contributed by atoms with Crippen LogP contribution < -0.4 is 5.32 Å². The van der Waals surface area contributed by atoms with E-state index in [1.54, 1.807) is 6.20 Å². The Labute approximate surface area is 150 Å². The minimum Gasteiger partial charge on any atom is -0.351 e. The van der Waals surface area contributed by atoms with Gasteiger partial charge in [-0.3, -0.25) is 14.7 Å². The van der Waals surface area contributed by atoms with Gasteiger partial charge in [-0.05, 0) is 38.7 Å². The Kier molecular flexibility index (Phi) is 7.57. The van der Waals surface area contributed by atoms with Gasteiger partial charge >= 0.3 is 0 Å². The number of hydrogen-bond acceptors (Lipinski definition) is 4. The van der Waals surface area contributed by atoms with Gasteiger partial charge in [-0.25, -0.2) is 0 Å². The van der Waals surface area contributed by atoms with Crippen molar-refractivity contribution >= 4 is 5.91 Å². The third-order valence-electron chi connectivity index (χ3n) is 3.91. The molecule has 0 aliphatic heterocycles. The first kappa shape index (κ1) is 19.1. The maximum absolute atomic E-state index is 12.4. The summed E-state index contributed by atoms with van der Waals surface area (Å²) >= 11 is 0. The van der Waals surface area contributed by atoms with Crippen molar-refractivity contribution in [2.24, 2.45) is 0 Å². The van der Waals surface area contributed by atoms with E-state index in [1.165, 1.54) is 5.56 Å². The summed E-state index contributed by atoms with van der Waals surface area (Å²) in [5.74, 6) is 0.0381. The number of hydrogen-bond donors (Lipinski definition) is 1. The second kappa shape index (κ2) is 9.91. The molecule has 0 aliphatic rings. The zero-order chi connectivity index (χ0) is 18.1. The molecular weight excluding hydrogens is 312 g/mol. The summed E-state index contributed by atoms with van der Waals surface area (Å²) in [6.07, 6.45) is 1.79. The molecule has 0 unspecified atom stereocenters. The predicted octanol–water partition coefficient (Wildman–Crippen LogP) is 2.07. The van der Waals surface area contributed by atoms with Gasteiger partial charge in [-0.1, -0.05) is 35.9 Å². The van der Waals surface area contributed by atoms with Crippen molar-refractivity contribution in [2.75, 3.05) is 33.7 Å². The maximum Gasteiger partial charge on any atom is 0.234 e. The van der Waals surface area contributed by atoms with Gasteiger partial charge in [0.15, 0.2) is 0 Å². The minimum atomic E-state index is 0.0381. The van der Waals surface area contributed by atoms with E-state index in [0.29, 0.717) is 19.6 Å². The van der Waals surface area contributed by atoms with Crippen molar-refractivity contribution in [3.05, 3.63) is 65.5 Å². The molecule has 0 saturated heterocycles. The molecule has 0 atom stereocenters. The third kappa shape index (κ3) is 7.45. The molecule has 25 heavy (non-hydrogen) atoms. The van der Waals surface area contributed by atoms with Crippen molar-refractivity contribution in [1.29, 1.82) is 0 Å². The fourth-order valence-corrected chi connectivity index (χ4v) is 2.56. The fourth-order valence-electron chi connectivity index (χ4n) is 2.56. The number of carbonyl (C=O) groups excluding carboxylic acids is 1. The second-order valence-corrected chi connectivity index (χ2v) is 6.60. The van der Waals surface area contributed by atoms with Gasteiger partial charge in [0.25, 0.3) is 0 Å². The Morgan fingerprint density at radius 3 is 2.64 bits per heavy atom. The summed E-state index contributed by atoms with van der Waals surface area (Å²) in [7, 11) is 4.08. The average molecular weight is 340 g/mol. The lowest BCUT2D eigenvalue weighted by Gasteiger charge is -2.23. The lowest BCUT2D eigenvalue weighted by molar-refractivity contribution is -0.122. The molecule has 0 saturated carbocycles. The number of aromatic nitrogens is 1. The van der Waals surface area contributed by atoms with Crippen molar-refractivity contribution in [3.8, 4) is 0 Å². The van der Waals surface area contributed by atoms with Gasteiger partial charge in [0.2, 0.25) is 5.91 Å². The van der Waals surface area contributed by atoms with Crippen LogP contribution in [0.3, 0.4) is 0 Å². The van der Waals surface area contributed by atoms with Crippen molar-refractivity contribution < 1.29 is 4.79 Å². The fraction of sp³-hybridized carbons (Fsp3) is 0.400. The van der Waals surface area contributed by atoms with Gasteiger partial charge in [-0.15, -0.1) is 0 Å². The maximum atomic E-state index is 12.4. The highest BCUT2D eigenvalue weighted by Crippen LogP contribution is 2.04. The molecule has 0 spiro atoms. The number of likely N-dealkylation sites (N-methyl/N-ethyl adjacent to an activating group) is 1. The Bertz CT molecular complexity index is 658. The van der Waals surface area contributed by atoms with E-state index >= 15 is 0 Å². The largest absolute Gasteiger partial charge is 0.351 e. The second-order valence-electron chi connectivity index (χ2n) is 6.60. The smallest absolute Gasteiger partial charge is 0.234 e. The van der Waals surface area contributed by atoms with Crippen LogP contribution in [0, 0.1) is 6.92 Å². The van der Waals surface area contributed by atoms with Gasteiger partial charge in [0.05, 0.1) is 12.2 Å². The monoisotopic (exact) mass is 340 g/mol. The molecule has 1 aromatic heterocycles. The minimum absolute atomic E-state index is 0.0381. The average Bonchev–Trinajstić information content (AvgIpc) is 2.59. The van der Waals surface area contributed by atoms with Crippen LogP contribution in [-0.4, -0.2) is 54.4 Å². The van der Waals surface area contributed by atoms with Crippen molar-refractivity contribution in [3.63, 3.8) is 0 Å². The first-order valence-corrected chi connectivity index (χ1v) is 8.62. The molecule has 1 amide bonds. The zero-order valence-corrected chi connectivity index (χ0v) is 15.4. The van der Waals surface area contributed by atoms with Gasteiger partial charge < -0.3 is 10.2 Å². The van der Waals surface area contributed by atoms with E-state index in [2.05, 4.69) is 39.2 Å². The highest BCUT2D eigenvalue weighted by molar-refractivity contribution is 5.78. The number of carbonyl (C=O) groups is 1. The van der Waals surface area contributed by atoms with Crippen molar-refractivity contribution in [2.45, 2.75) is 20.0 Å². The molecule has 1 heterocycles. The molecule has 0 aliphatic carbocycles. The molecule has 2 aromatic rings. The lowest BCUT2D eigenvalue weighted by atomic mass is 10.1. The van der Waals surface area contributed by atoms with Gasteiger partial charge in [0, 0.05) is 32.4 Å². The van der Waals surface area contributed by atoms with Crippen molar-refractivity contribution in [1.82, 2.24) is 20.1 Å². The number of amides is 1. The molecule has 1 N–H and O–H groups in total. The number of pyridine rings is 1. The van der Waals surface area contributed by atoms with Crippen LogP contribution >= 0.6 is 0 Å². The van der Waals surface area contributed by atoms with E-state index in [9.17, 15) is 4.79 Å². The predicted molar refractivity (Wildman–Crippen MR) is 101 cm³/mol. The van der Waals surface area contributed by atoms with Crippen LogP contribution in [0.5, 0.6) is 0 Å². The van der Waals surface area contributed by atoms with Gasteiger partial charge in [0.1, 0.15) is 0 Å². The molecule has 134 valence electrons. The summed E-state index contributed by atoms with van der Waals surface area (Å²) in [6, 6.07) is 14.1. The highest BCUT2D eigenvalue weighted by Gasteiger charge is 2.12. The number of rotatable bonds is 9. The molecule has 0 fully saturated rings. The molecule has 5 heteroatoms. The Hall–Kier alpha value is -2.24. The van der Waals surface area contributed by atoms with E-state index in [1.807, 2.05) is 44.4 Å². The summed E-state index contributed by atoms with van der Waals surface area (Å²) in [6.45, 7) is 5.38. The van der Waals surface area contributed by atoms with E-state index in [4.69, 9.17) is 0 Å². The van der Waals surface area contributed by atoms with E-state index < -0.39 is 0 Å². The van der Waals surface area contributed by atoms with Crippen LogP contribution in [-0.2, 0) is 17.9 Å². The van der Waals surface area contributed by atoms with E-state index in [-0.39, 0.29) is 5.91 Å². The van der Waals surface area contributed by atoms with E-state index in [0.717, 1.165) is 24.3 Å². The molecular formula is C20H28N4O. The van der Waals surface area contributed by atoms with Crippen LogP contribution in [0.1, 0.15) is 16.8 Å². The summed E-state index contributed by atoms with van der Waals surface area (Å²) in [5.41, 5.74) is 3.31. The normalized spacial score (nSPS) is 11.1. The van der Waals surface area contributed by atoms with Gasteiger partial charge in [-0.2, -0.15) is 0 Å². The van der Waals surface area contributed by atoms with Crippen LogP contribution in [0.4, 0.5) is 0 Å². The number of nitrogens with zero attached hydrogens (tertiary/aromatic N) is 3. The Morgan fingerprint density at radius 1 is 1.12 bits per heavy atom. The van der Waals surface area contributed by atoms with Crippen LogP contribution in [0.25, 0.3) is 0 Å². The molecule has 5 nitrogen and oxygen atoms in total. The summed E-state index contributed by atoms with van der Waals surface area (Å²) in [4.78, 5) is 21.0. The summed E-state index contributed by atoms with van der Waals surface area (Å²) < 4.78 is 0. The number of nitrogens with one attached hydrogen (secondary N) is 1. The standard InChI is InChI=1S/C20H28N4O/c1-17-7-6-8-18(13-17)14-22-20(25)16-24(12-11-23(2)3)15-19-9-4-5-10-21-19/h4-10,13H,11-12,14-16H2,1-3H3,(H,22,25). The SMILES string of the molecule is Cc1cccc(CNC(=O)CN(CCN(C)C)Cc2ccccn2)c1. The molecule has 1 aromatic carbocycles.